The summed E-state index contributed by atoms with van der Waals surface area (Å²) >= 11 is 1.76. The summed E-state index contributed by atoms with van der Waals surface area (Å²) in [7, 11) is 0. The number of aryl methyl sites for hydroxylation is 2. The minimum absolute atomic E-state index is 0.192. The quantitative estimate of drug-likeness (QED) is 0.358. The first-order valence-corrected chi connectivity index (χ1v) is 12.3. The van der Waals surface area contributed by atoms with Crippen molar-refractivity contribution in [2.45, 2.75) is 38.3 Å². The number of halogens is 1. The van der Waals surface area contributed by atoms with Gasteiger partial charge in [-0.1, -0.05) is 18.2 Å². The molecule has 0 aliphatic carbocycles. The van der Waals surface area contributed by atoms with Crippen molar-refractivity contribution in [1.82, 2.24) is 9.47 Å². The van der Waals surface area contributed by atoms with Gasteiger partial charge in [0.15, 0.2) is 0 Å². The SMILES string of the molecule is O=C(O)c1cccc(CN2CCC(c3cn(CCc4cccs4)c4cc(F)ccc34)CC2)c1. The van der Waals surface area contributed by atoms with E-state index in [-0.39, 0.29) is 5.82 Å². The molecule has 2 aromatic carbocycles. The molecule has 4 aromatic rings. The number of hydrogen-bond acceptors (Lipinski definition) is 3. The van der Waals surface area contributed by atoms with Crippen molar-refractivity contribution >= 4 is 28.2 Å². The first-order chi connectivity index (χ1) is 16.1. The highest BCUT2D eigenvalue weighted by Gasteiger charge is 2.24. The number of likely N-dealkylation sites (tertiary alicyclic amines) is 1. The zero-order valence-corrected chi connectivity index (χ0v) is 19.2. The van der Waals surface area contributed by atoms with Crippen LogP contribution in [-0.4, -0.2) is 33.6 Å². The van der Waals surface area contributed by atoms with E-state index in [9.17, 15) is 14.3 Å². The van der Waals surface area contributed by atoms with Crippen LogP contribution in [0.5, 0.6) is 0 Å². The number of piperidine rings is 1. The van der Waals surface area contributed by atoms with Crippen LogP contribution < -0.4 is 0 Å². The van der Waals surface area contributed by atoms with Crippen molar-refractivity contribution in [2.75, 3.05) is 13.1 Å². The van der Waals surface area contributed by atoms with Crippen LogP contribution in [0.1, 0.15) is 45.1 Å². The van der Waals surface area contributed by atoms with E-state index in [0.717, 1.165) is 61.9 Å². The Kier molecular flexibility index (Phi) is 6.29. The van der Waals surface area contributed by atoms with Crippen LogP contribution >= 0.6 is 11.3 Å². The Labute approximate surface area is 196 Å². The normalized spacial score (nSPS) is 15.3. The average molecular weight is 463 g/mol. The smallest absolute Gasteiger partial charge is 0.335 e. The molecule has 1 fully saturated rings. The van der Waals surface area contributed by atoms with E-state index >= 15 is 0 Å². The summed E-state index contributed by atoms with van der Waals surface area (Å²) in [4.78, 5) is 15.0. The van der Waals surface area contributed by atoms with E-state index in [1.807, 2.05) is 18.2 Å². The van der Waals surface area contributed by atoms with Gasteiger partial charge in [0.05, 0.1) is 11.1 Å². The molecule has 1 aliphatic heterocycles. The van der Waals surface area contributed by atoms with Gasteiger partial charge >= 0.3 is 5.97 Å². The van der Waals surface area contributed by atoms with Gasteiger partial charge in [-0.2, -0.15) is 0 Å². The van der Waals surface area contributed by atoms with Crippen LogP contribution in [0.25, 0.3) is 10.9 Å². The zero-order valence-electron chi connectivity index (χ0n) is 18.4. The molecule has 170 valence electrons. The number of aromatic nitrogens is 1. The van der Waals surface area contributed by atoms with E-state index in [1.54, 1.807) is 35.6 Å². The molecule has 1 aliphatic rings. The van der Waals surface area contributed by atoms with E-state index < -0.39 is 5.97 Å². The van der Waals surface area contributed by atoms with Gasteiger partial charge in [-0.25, -0.2) is 9.18 Å². The molecule has 0 radical (unpaired) electrons. The average Bonchev–Trinajstić information content (AvgIpc) is 3.46. The Morgan fingerprint density at radius 2 is 1.94 bits per heavy atom. The molecule has 5 rings (SSSR count). The van der Waals surface area contributed by atoms with Crippen LogP contribution in [0, 0.1) is 5.82 Å². The number of hydrogen-bond donors (Lipinski definition) is 1. The van der Waals surface area contributed by atoms with E-state index in [4.69, 9.17) is 0 Å². The Morgan fingerprint density at radius 1 is 1.09 bits per heavy atom. The lowest BCUT2D eigenvalue weighted by Gasteiger charge is -2.32. The predicted octanol–water partition coefficient (Wildman–Crippen LogP) is 6.16. The molecule has 0 bridgehead atoms. The Hall–Kier alpha value is -2.96. The van der Waals surface area contributed by atoms with Gasteiger partial charge in [0.1, 0.15) is 5.82 Å². The topological polar surface area (TPSA) is 45.5 Å². The van der Waals surface area contributed by atoms with Gasteiger partial charge in [0.25, 0.3) is 0 Å². The Bertz CT molecular complexity index is 1260. The zero-order chi connectivity index (χ0) is 22.8. The van der Waals surface area contributed by atoms with Crippen molar-refractivity contribution in [2.24, 2.45) is 0 Å². The molecule has 6 heteroatoms. The second-order valence-electron chi connectivity index (χ2n) is 8.82. The summed E-state index contributed by atoms with van der Waals surface area (Å²) in [5, 5.41) is 12.5. The molecule has 0 amide bonds. The molecular formula is C27H27FN2O2S. The third-order valence-corrected chi connectivity index (χ3v) is 7.60. The summed E-state index contributed by atoms with van der Waals surface area (Å²) in [6.07, 6.45) is 5.28. The van der Waals surface area contributed by atoms with E-state index in [1.165, 1.54) is 10.4 Å². The van der Waals surface area contributed by atoms with Crippen molar-refractivity contribution in [3.8, 4) is 0 Å². The lowest BCUT2D eigenvalue weighted by Crippen LogP contribution is -2.32. The van der Waals surface area contributed by atoms with E-state index in [2.05, 4.69) is 33.2 Å². The summed E-state index contributed by atoms with van der Waals surface area (Å²) < 4.78 is 16.3. The van der Waals surface area contributed by atoms with Crippen molar-refractivity contribution in [3.05, 3.63) is 93.6 Å². The van der Waals surface area contributed by atoms with Crippen LogP contribution in [-0.2, 0) is 19.5 Å². The highest BCUT2D eigenvalue weighted by atomic mass is 32.1. The van der Waals surface area contributed by atoms with Crippen LogP contribution in [0.2, 0.25) is 0 Å². The maximum absolute atomic E-state index is 14.1. The number of carboxylic acid groups (broad SMARTS) is 1. The molecule has 2 aromatic heterocycles. The molecule has 1 N–H and O–H groups in total. The maximum atomic E-state index is 14.1. The fourth-order valence-electron chi connectivity index (χ4n) is 4.95. The summed E-state index contributed by atoms with van der Waals surface area (Å²) in [5.74, 6) is -0.632. The standard InChI is InChI=1S/C27H27FN2O2S/c28-22-6-7-24-25(18-30(26(24)16-22)13-10-23-5-2-14-33-23)20-8-11-29(12-9-20)17-19-3-1-4-21(15-19)27(31)32/h1-7,14-16,18,20H,8-13,17H2,(H,31,32). The largest absolute Gasteiger partial charge is 0.478 e. The number of carboxylic acids is 1. The molecular weight excluding hydrogens is 435 g/mol. The van der Waals surface area contributed by atoms with Crippen molar-refractivity contribution in [3.63, 3.8) is 0 Å². The van der Waals surface area contributed by atoms with Gasteiger partial charge in [-0.05, 0) is 91.2 Å². The second kappa shape index (κ2) is 9.49. The lowest BCUT2D eigenvalue weighted by atomic mass is 9.89. The first-order valence-electron chi connectivity index (χ1n) is 11.4. The third-order valence-electron chi connectivity index (χ3n) is 6.66. The fraction of sp³-hybridized carbons (Fsp3) is 0.296. The maximum Gasteiger partial charge on any atom is 0.335 e. The van der Waals surface area contributed by atoms with Gasteiger partial charge in [0, 0.05) is 29.5 Å². The number of carbonyl (C=O) groups is 1. The number of nitrogens with zero attached hydrogens (tertiary/aromatic N) is 2. The molecule has 0 spiro atoms. The Balaban J connectivity index is 1.30. The molecule has 0 saturated carbocycles. The predicted molar refractivity (Wildman–Crippen MR) is 131 cm³/mol. The van der Waals surface area contributed by atoms with Gasteiger partial charge in [-0.3, -0.25) is 4.90 Å². The lowest BCUT2D eigenvalue weighted by molar-refractivity contribution is 0.0696. The molecule has 1 saturated heterocycles. The second-order valence-corrected chi connectivity index (χ2v) is 9.86. The Morgan fingerprint density at radius 3 is 2.70 bits per heavy atom. The number of aromatic carboxylic acids is 1. The fourth-order valence-corrected chi connectivity index (χ4v) is 5.65. The number of fused-ring (bicyclic) bond motifs is 1. The molecule has 33 heavy (non-hydrogen) atoms. The monoisotopic (exact) mass is 462 g/mol. The van der Waals surface area contributed by atoms with Crippen molar-refractivity contribution < 1.29 is 14.3 Å². The summed E-state index contributed by atoms with van der Waals surface area (Å²) in [6.45, 7) is 3.54. The highest BCUT2D eigenvalue weighted by Crippen LogP contribution is 2.35. The van der Waals surface area contributed by atoms with Crippen LogP contribution in [0.4, 0.5) is 4.39 Å². The van der Waals surface area contributed by atoms with Crippen molar-refractivity contribution in [1.29, 1.82) is 0 Å². The van der Waals surface area contributed by atoms with Gasteiger partial charge in [-0.15, -0.1) is 11.3 Å². The van der Waals surface area contributed by atoms with E-state index in [0.29, 0.717) is 11.5 Å². The molecule has 3 heterocycles. The van der Waals surface area contributed by atoms with Gasteiger partial charge < -0.3 is 9.67 Å². The minimum Gasteiger partial charge on any atom is -0.478 e. The molecule has 0 unspecified atom stereocenters. The summed E-state index contributed by atoms with van der Waals surface area (Å²) in [5.41, 5.74) is 3.68. The molecule has 4 nitrogen and oxygen atoms in total. The minimum atomic E-state index is -0.887. The highest BCUT2D eigenvalue weighted by molar-refractivity contribution is 7.09. The first kappa shape index (κ1) is 21.9. The number of thiophene rings is 1. The van der Waals surface area contributed by atoms with Crippen LogP contribution in [0.3, 0.4) is 0 Å². The number of rotatable bonds is 7. The molecule has 0 atom stereocenters. The third kappa shape index (κ3) is 4.87. The summed E-state index contributed by atoms with van der Waals surface area (Å²) in [6, 6.07) is 16.6. The van der Waals surface area contributed by atoms with Crippen LogP contribution in [0.15, 0.2) is 66.2 Å². The number of benzene rings is 2. The van der Waals surface area contributed by atoms with Gasteiger partial charge in [0.2, 0.25) is 0 Å².